The van der Waals surface area contributed by atoms with Crippen LogP contribution in [0.1, 0.15) is 5.56 Å². The van der Waals surface area contributed by atoms with Crippen LogP contribution in [0.4, 0.5) is 8.78 Å². The molecule has 0 aliphatic carbocycles. The van der Waals surface area contributed by atoms with Crippen molar-refractivity contribution in [3.05, 3.63) is 52.1 Å². The number of rotatable bonds is 11. The van der Waals surface area contributed by atoms with Crippen molar-refractivity contribution in [2.45, 2.75) is 6.61 Å². The smallest absolute Gasteiger partial charge is 0.387 e. The van der Waals surface area contributed by atoms with Gasteiger partial charge >= 0.3 is 6.61 Å². The van der Waals surface area contributed by atoms with Crippen LogP contribution < -0.4 is 23.7 Å². The first kappa shape index (κ1) is 25.2. The van der Waals surface area contributed by atoms with Gasteiger partial charge in [-0.3, -0.25) is 4.99 Å². The molecule has 0 fully saturated rings. The number of aromatic nitrogens is 1. The van der Waals surface area contributed by atoms with Gasteiger partial charge in [0.1, 0.15) is 5.75 Å². The molecule has 0 atom stereocenters. The predicted molar refractivity (Wildman–Crippen MR) is 126 cm³/mol. The van der Waals surface area contributed by atoms with Crippen molar-refractivity contribution < 1.29 is 32.5 Å². The van der Waals surface area contributed by atoms with Gasteiger partial charge in [0, 0.05) is 23.6 Å². The maximum Gasteiger partial charge on any atom is 0.387 e. The lowest BCUT2D eigenvalue weighted by Crippen LogP contribution is -2.14. The van der Waals surface area contributed by atoms with Gasteiger partial charge < -0.3 is 23.7 Å². The normalized spacial score (nSPS) is 11.9. The van der Waals surface area contributed by atoms with Crippen molar-refractivity contribution in [2.75, 3.05) is 41.6 Å². The number of benzene rings is 2. The molecule has 0 aliphatic rings. The van der Waals surface area contributed by atoms with E-state index in [0.29, 0.717) is 40.8 Å². The van der Waals surface area contributed by atoms with Crippen LogP contribution in [0.15, 0.2) is 51.9 Å². The molecule has 0 radical (unpaired) electrons. The molecule has 8 nitrogen and oxygen atoms in total. The van der Waals surface area contributed by atoms with E-state index >= 15 is 0 Å². The number of alkyl halides is 2. The summed E-state index contributed by atoms with van der Waals surface area (Å²) >= 11 is 1.39. The minimum atomic E-state index is -2.89. The van der Waals surface area contributed by atoms with Crippen LogP contribution in [0.2, 0.25) is 0 Å². The zero-order valence-electron chi connectivity index (χ0n) is 19.2. The highest BCUT2D eigenvalue weighted by Gasteiger charge is 2.15. The Balaban J connectivity index is 2.05. The maximum atomic E-state index is 12.5. The molecule has 3 rings (SSSR count). The minimum Gasteiger partial charge on any atom is -0.493 e. The topological polar surface area (TPSA) is 75.8 Å². The first-order valence-corrected chi connectivity index (χ1v) is 11.0. The van der Waals surface area contributed by atoms with E-state index in [0.717, 1.165) is 11.3 Å². The van der Waals surface area contributed by atoms with E-state index in [2.05, 4.69) is 14.8 Å². The van der Waals surface area contributed by atoms with Crippen LogP contribution in [0.5, 0.6) is 23.0 Å². The summed E-state index contributed by atoms with van der Waals surface area (Å²) in [6.45, 7) is -1.98. The van der Waals surface area contributed by atoms with Crippen LogP contribution in [0.25, 0.3) is 11.3 Å². The van der Waals surface area contributed by atoms with Crippen molar-refractivity contribution in [1.29, 1.82) is 0 Å². The zero-order chi connectivity index (χ0) is 24.5. The Morgan fingerprint density at radius 1 is 0.971 bits per heavy atom. The zero-order valence-corrected chi connectivity index (χ0v) is 20.0. The fourth-order valence-electron chi connectivity index (χ4n) is 3.10. The maximum absolute atomic E-state index is 12.5. The fourth-order valence-corrected chi connectivity index (χ4v) is 3.97. The Morgan fingerprint density at radius 2 is 1.71 bits per heavy atom. The highest BCUT2D eigenvalue weighted by molar-refractivity contribution is 7.07. The molecule has 182 valence electrons. The van der Waals surface area contributed by atoms with Crippen LogP contribution >= 0.6 is 11.3 Å². The quantitative estimate of drug-likeness (QED) is 0.295. The molecule has 0 unspecified atom stereocenters. The number of ether oxygens (including phenoxy) is 5. The Bertz CT molecular complexity index is 1180. The van der Waals surface area contributed by atoms with E-state index in [1.54, 1.807) is 49.4 Å². The van der Waals surface area contributed by atoms with Gasteiger partial charge in [-0.15, -0.1) is 11.3 Å². The summed E-state index contributed by atoms with van der Waals surface area (Å²) in [5.74, 6) is 1.52. The number of nitrogens with zero attached hydrogens (tertiary/aromatic N) is 3. The van der Waals surface area contributed by atoms with E-state index in [4.69, 9.17) is 18.9 Å². The van der Waals surface area contributed by atoms with Gasteiger partial charge in [-0.25, -0.2) is 4.68 Å². The second-order valence-corrected chi connectivity index (χ2v) is 7.50. The third kappa shape index (κ3) is 5.91. The summed E-state index contributed by atoms with van der Waals surface area (Å²) in [6.07, 6.45) is 1.63. The minimum absolute atomic E-state index is 0.0732. The van der Waals surface area contributed by atoms with Gasteiger partial charge in [0.15, 0.2) is 11.5 Å². The molecule has 11 heteroatoms. The van der Waals surface area contributed by atoms with Crippen LogP contribution in [0, 0.1) is 0 Å². The molecule has 1 heterocycles. The van der Waals surface area contributed by atoms with Gasteiger partial charge in [0.25, 0.3) is 0 Å². The second-order valence-electron chi connectivity index (χ2n) is 6.66. The number of methoxy groups -OCH3 is 4. The molecule has 0 spiro atoms. The number of hydrogen-bond acceptors (Lipinski definition) is 8. The molecule has 0 saturated carbocycles. The number of hydrogen-bond donors (Lipinski definition) is 0. The average Bonchev–Trinajstić information content (AvgIpc) is 3.24. The first-order valence-electron chi connectivity index (χ1n) is 10.1. The molecule has 3 aromatic rings. The molecule has 0 aliphatic heterocycles. The fraction of sp³-hybridized carbons (Fsp3) is 0.304. The van der Waals surface area contributed by atoms with Crippen molar-refractivity contribution >= 4 is 17.6 Å². The van der Waals surface area contributed by atoms with Crippen LogP contribution in [-0.4, -0.2) is 59.1 Å². The van der Waals surface area contributed by atoms with Crippen molar-refractivity contribution in [3.8, 4) is 34.3 Å². The summed E-state index contributed by atoms with van der Waals surface area (Å²) < 4.78 is 52.5. The second kappa shape index (κ2) is 12.1. The summed E-state index contributed by atoms with van der Waals surface area (Å²) in [6, 6.07) is 9.88. The average molecular weight is 494 g/mol. The van der Waals surface area contributed by atoms with Gasteiger partial charge in [-0.1, -0.05) is 0 Å². The lowest BCUT2D eigenvalue weighted by molar-refractivity contribution is -0.0498. The summed E-state index contributed by atoms with van der Waals surface area (Å²) in [5, 5.41) is 6.53. The lowest BCUT2D eigenvalue weighted by atomic mass is 10.1. The molecule has 0 bridgehead atoms. The number of halogens is 2. The van der Waals surface area contributed by atoms with Gasteiger partial charge in [-0.2, -0.15) is 13.9 Å². The molecule has 34 heavy (non-hydrogen) atoms. The van der Waals surface area contributed by atoms with Crippen molar-refractivity contribution in [2.24, 2.45) is 10.1 Å². The van der Waals surface area contributed by atoms with E-state index in [9.17, 15) is 8.78 Å². The molecule has 2 aromatic carbocycles. The third-order valence-electron chi connectivity index (χ3n) is 4.65. The SMILES string of the molecule is COCCN=c1scc(-c2ccc(OC(F)F)cc2)n1/N=C\c1ccc(OC)c(OC)c1OC. The van der Waals surface area contributed by atoms with Crippen molar-refractivity contribution in [1.82, 2.24) is 4.68 Å². The largest absolute Gasteiger partial charge is 0.493 e. The van der Waals surface area contributed by atoms with Gasteiger partial charge in [-0.05, 0) is 36.4 Å². The number of thiazole rings is 1. The van der Waals surface area contributed by atoms with E-state index in [-0.39, 0.29) is 5.75 Å². The van der Waals surface area contributed by atoms with Crippen LogP contribution in [-0.2, 0) is 4.74 Å². The van der Waals surface area contributed by atoms with E-state index in [1.165, 1.54) is 37.7 Å². The standard InChI is InChI=1S/C23H25F2N3O5S/c1-29-12-11-26-23-28(18(14-34-23)15-5-8-17(9-6-15)33-22(24)25)27-13-16-7-10-19(30-2)21(32-4)20(16)31-3/h5-10,13-14,22H,11-12H2,1-4H3/b26-23?,27-13-. The summed E-state index contributed by atoms with van der Waals surface area (Å²) in [7, 11) is 6.21. The Hall–Kier alpha value is -3.44. The Morgan fingerprint density at radius 3 is 2.32 bits per heavy atom. The van der Waals surface area contributed by atoms with E-state index < -0.39 is 6.61 Å². The molecule has 0 amide bonds. The third-order valence-corrected chi connectivity index (χ3v) is 5.50. The van der Waals surface area contributed by atoms with Crippen LogP contribution in [0.3, 0.4) is 0 Å². The molecule has 0 saturated heterocycles. The van der Waals surface area contributed by atoms with E-state index in [1.807, 2.05) is 5.38 Å². The lowest BCUT2D eigenvalue weighted by Gasteiger charge is -2.13. The van der Waals surface area contributed by atoms with Crippen molar-refractivity contribution in [3.63, 3.8) is 0 Å². The summed E-state index contributed by atoms with van der Waals surface area (Å²) in [5.41, 5.74) is 2.14. The Kier molecular flexibility index (Phi) is 9.00. The predicted octanol–water partition coefficient (Wildman–Crippen LogP) is 4.27. The molecular formula is C23H25F2N3O5S. The Labute approximate surface area is 199 Å². The molecule has 0 N–H and O–H groups in total. The first-order chi connectivity index (χ1) is 16.5. The molecule has 1 aromatic heterocycles. The van der Waals surface area contributed by atoms with Gasteiger partial charge in [0.2, 0.25) is 10.6 Å². The highest BCUT2D eigenvalue weighted by atomic mass is 32.1. The highest BCUT2D eigenvalue weighted by Crippen LogP contribution is 2.39. The summed E-state index contributed by atoms with van der Waals surface area (Å²) in [4.78, 5) is 5.19. The molecular weight excluding hydrogens is 468 g/mol. The van der Waals surface area contributed by atoms with Gasteiger partial charge in [0.05, 0.1) is 46.4 Å². The monoisotopic (exact) mass is 493 g/mol.